The molecule has 0 radical (unpaired) electrons. The third-order valence-electron chi connectivity index (χ3n) is 3.08. The summed E-state index contributed by atoms with van der Waals surface area (Å²) in [5, 5.41) is 0.897. The first-order valence-corrected chi connectivity index (χ1v) is 5.61. The van der Waals surface area contributed by atoms with Crippen LogP contribution >= 0.6 is 0 Å². The second kappa shape index (κ2) is 4.64. The van der Waals surface area contributed by atoms with Gasteiger partial charge in [-0.3, -0.25) is 0 Å². The summed E-state index contributed by atoms with van der Waals surface area (Å²) in [6.07, 6.45) is 0. The minimum absolute atomic E-state index is 0.260. The Morgan fingerprint density at radius 3 is 2.56 bits per heavy atom. The molecule has 4 heteroatoms. The number of aromatic nitrogens is 1. The number of aryl methyl sites for hydroxylation is 2. The molecule has 0 atom stereocenters. The van der Waals surface area contributed by atoms with Crippen molar-refractivity contribution in [3.8, 4) is 5.75 Å². The molecule has 0 saturated carbocycles. The van der Waals surface area contributed by atoms with Gasteiger partial charge in [-0.05, 0) is 31.0 Å². The summed E-state index contributed by atoms with van der Waals surface area (Å²) >= 11 is 0. The summed E-state index contributed by atoms with van der Waals surface area (Å²) in [6, 6.07) is 5.56. The first-order valence-electron chi connectivity index (χ1n) is 5.61. The molecule has 1 aromatic carbocycles. The van der Waals surface area contributed by atoms with Crippen LogP contribution in [0.3, 0.4) is 0 Å². The molecular weight excluding hydrogens is 230 g/mol. The molecule has 0 unspecified atom stereocenters. The van der Waals surface area contributed by atoms with Crippen molar-refractivity contribution in [3.05, 3.63) is 35.0 Å². The number of carbonyl (C=O) groups excluding carboxylic acids is 1. The molecular formula is C14H15NO3. The number of carbonyl (C=O) groups is 1. The maximum Gasteiger partial charge on any atom is 0.356 e. The molecule has 1 aromatic heterocycles. The quantitative estimate of drug-likeness (QED) is 0.763. The summed E-state index contributed by atoms with van der Waals surface area (Å²) in [7, 11) is 2.91. The van der Waals surface area contributed by atoms with Crippen molar-refractivity contribution >= 4 is 16.9 Å². The van der Waals surface area contributed by atoms with E-state index in [2.05, 4.69) is 4.98 Å². The molecule has 0 aliphatic carbocycles. The van der Waals surface area contributed by atoms with Gasteiger partial charge in [0.05, 0.1) is 19.7 Å². The van der Waals surface area contributed by atoms with E-state index in [1.807, 2.05) is 26.0 Å². The number of fused-ring (bicyclic) bond motifs is 1. The summed E-state index contributed by atoms with van der Waals surface area (Å²) in [5.41, 5.74) is 3.20. The normalized spacial score (nSPS) is 10.4. The van der Waals surface area contributed by atoms with E-state index in [1.54, 1.807) is 13.2 Å². The van der Waals surface area contributed by atoms with Gasteiger partial charge in [-0.15, -0.1) is 0 Å². The molecule has 0 bridgehead atoms. The van der Waals surface area contributed by atoms with E-state index in [-0.39, 0.29) is 5.69 Å². The fourth-order valence-electron chi connectivity index (χ4n) is 1.88. The molecule has 18 heavy (non-hydrogen) atoms. The summed E-state index contributed by atoms with van der Waals surface area (Å²) in [6.45, 7) is 3.99. The number of nitrogens with zero attached hydrogens (tertiary/aromatic N) is 1. The Morgan fingerprint density at radius 2 is 1.94 bits per heavy atom. The van der Waals surface area contributed by atoms with Gasteiger partial charge in [0.1, 0.15) is 5.75 Å². The van der Waals surface area contributed by atoms with Gasteiger partial charge < -0.3 is 9.47 Å². The van der Waals surface area contributed by atoms with Crippen molar-refractivity contribution in [2.45, 2.75) is 13.8 Å². The summed E-state index contributed by atoms with van der Waals surface area (Å²) < 4.78 is 10.0. The largest absolute Gasteiger partial charge is 0.496 e. The minimum Gasteiger partial charge on any atom is -0.496 e. The predicted octanol–water partition coefficient (Wildman–Crippen LogP) is 2.65. The first kappa shape index (κ1) is 12.4. The average Bonchev–Trinajstić information content (AvgIpc) is 2.41. The van der Waals surface area contributed by atoms with Gasteiger partial charge in [-0.2, -0.15) is 0 Å². The van der Waals surface area contributed by atoms with Gasteiger partial charge in [0, 0.05) is 11.5 Å². The first-order chi connectivity index (χ1) is 8.58. The molecule has 0 spiro atoms. The Kier molecular flexibility index (Phi) is 3.19. The molecule has 1 heterocycles. The number of rotatable bonds is 2. The van der Waals surface area contributed by atoms with Gasteiger partial charge in [-0.1, -0.05) is 6.07 Å². The number of ether oxygens (including phenoxy) is 2. The highest BCUT2D eigenvalue weighted by molar-refractivity contribution is 5.95. The Labute approximate surface area is 106 Å². The number of hydrogen-bond acceptors (Lipinski definition) is 4. The lowest BCUT2D eigenvalue weighted by molar-refractivity contribution is 0.0594. The van der Waals surface area contributed by atoms with Gasteiger partial charge in [0.25, 0.3) is 0 Å². The van der Waals surface area contributed by atoms with Crippen LogP contribution in [0.4, 0.5) is 0 Å². The van der Waals surface area contributed by atoms with Crippen LogP contribution in [0.5, 0.6) is 5.75 Å². The molecule has 0 amide bonds. The summed E-state index contributed by atoms with van der Waals surface area (Å²) in [5.74, 6) is 0.166. The number of hydrogen-bond donors (Lipinski definition) is 0. The third-order valence-corrected chi connectivity index (χ3v) is 3.08. The number of methoxy groups -OCH3 is 2. The van der Waals surface area contributed by atoms with Crippen LogP contribution in [0.2, 0.25) is 0 Å². The van der Waals surface area contributed by atoms with E-state index >= 15 is 0 Å². The maximum absolute atomic E-state index is 11.6. The van der Waals surface area contributed by atoms with Crippen LogP contribution in [-0.2, 0) is 4.74 Å². The van der Waals surface area contributed by atoms with Crippen molar-refractivity contribution in [1.82, 2.24) is 4.98 Å². The van der Waals surface area contributed by atoms with Crippen LogP contribution in [0, 0.1) is 13.8 Å². The van der Waals surface area contributed by atoms with Crippen molar-refractivity contribution in [1.29, 1.82) is 0 Å². The van der Waals surface area contributed by atoms with Crippen molar-refractivity contribution in [2.75, 3.05) is 14.2 Å². The second-order valence-corrected chi connectivity index (χ2v) is 4.10. The molecule has 0 saturated heterocycles. The van der Waals surface area contributed by atoms with Crippen LogP contribution in [0.1, 0.15) is 21.6 Å². The van der Waals surface area contributed by atoms with Crippen molar-refractivity contribution in [3.63, 3.8) is 0 Å². The lowest BCUT2D eigenvalue weighted by atomic mass is 10.0. The van der Waals surface area contributed by atoms with E-state index in [4.69, 9.17) is 9.47 Å². The Hall–Kier alpha value is -2.10. The minimum atomic E-state index is -0.462. The zero-order valence-electron chi connectivity index (χ0n) is 10.9. The van der Waals surface area contributed by atoms with Gasteiger partial charge in [-0.25, -0.2) is 9.78 Å². The monoisotopic (exact) mass is 245 g/mol. The Morgan fingerprint density at radius 1 is 1.22 bits per heavy atom. The summed E-state index contributed by atoms with van der Waals surface area (Å²) in [4.78, 5) is 15.9. The Bertz CT molecular complexity index is 620. The van der Waals surface area contributed by atoms with Gasteiger partial charge in [0.2, 0.25) is 0 Å². The topological polar surface area (TPSA) is 48.4 Å². The molecule has 0 fully saturated rings. The highest BCUT2D eigenvalue weighted by Crippen LogP contribution is 2.29. The average molecular weight is 245 g/mol. The van der Waals surface area contributed by atoms with Crippen molar-refractivity contribution < 1.29 is 14.3 Å². The molecule has 0 aliphatic heterocycles. The molecule has 0 aliphatic rings. The van der Waals surface area contributed by atoms with Crippen LogP contribution in [0.15, 0.2) is 18.2 Å². The van der Waals surface area contributed by atoms with E-state index in [1.165, 1.54) is 7.11 Å². The SMILES string of the molecule is COC(=O)c1cc(OC)c2ccc(C)c(C)c2n1. The van der Waals surface area contributed by atoms with E-state index in [9.17, 15) is 4.79 Å². The van der Waals surface area contributed by atoms with E-state index < -0.39 is 5.97 Å². The molecule has 4 nitrogen and oxygen atoms in total. The lowest BCUT2D eigenvalue weighted by Crippen LogP contribution is -2.06. The number of benzene rings is 1. The van der Waals surface area contributed by atoms with Gasteiger partial charge in [0.15, 0.2) is 5.69 Å². The molecule has 2 rings (SSSR count). The van der Waals surface area contributed by atoms with E-state index in [0.29, 0.717) is 5.75 Å². The standard InChI is InChI=1S/C14H15NO3/c1-8-5-6-10-12(17-3)7-11(14(16)18-4)15-13(10)9(8)2/h5-7H,1-4H3. The zero-order valence-corrected chi connectivity index (χ0v) is 10.9. The third kappa shape index (κ3) is 1.90. The Balaban J connectivity index is 2.80. The predicted molar refractivity (Wildman–Crippen MR) is 69.1 cm³/mol. The fourth-order valence-corrected chi connectivity index (χ4v) is 1.88. The molecule has 0 N–H and O–H groups in total. The maximum atomic E-state index is 11.6. The second-order valence-electron chi connectivity index (χ2n) is 4.10. The van der Waals surface area contributed by atoms with Crippen LogP contribution in [-0.4, -0.2) is 25.2 Å². The number of esters is 1. The highest BCUT2D eigenvalue weighted by atomic mass is 16.5. The molecule has 2 aromatic rings. The van der Waals surface area contributed by atoms with Gasteiger partial charge >= 0.3 is 5.97 Å². The van der Waals surface area contributed by atoms with Crippen LogP contribution in [0.25, 0.3) is 10.9 Å². The number of pyridine rings is 1. The lowest BCUT2D eigenvalue weighted by Gasteiger charge is -2.10. The fraction of sp³-hybridized carbons (Fsp3) is 0.286. The van der Waals surface area contributed by atoms with Crippen LogP contribution < -0.4 is 4.74 Å². The van der Waals surface area contributed by atoms with E-state index in [0.717, 1.165) is 22.0 Å². The molecule has 94 valence electrons. The zero-order chi connectivity index (χ0) is 13.3. The van der Waals surface area contributed by atoms with Crippen molar-refractivity contribution in [2.24, 2.45) is 0 Å². The smallest absolute Gasteiger partial charge is 0.356 e. The highest BCUT2D eigenvalue weighted by Gasteiger charge is 2.14.